The van der Waals surface area contributed by atoms with Crippen molar-refractivity contribution < 1.29 is 17.4 Å². The van der Waals surface area contributed by atoms with Crippen LogP contribution in [0, 0.1) is 5.92 Å². The zero-order chi connectivity index (χ0) is 24.4. The van der Waals surface area contributed by atoms with Crippen LogP contribution >= 0.6 is 11.3 Å². The number of ketones is 1. The van der Waals surface area contributed by atoms with Crippen molar-refractivity contribution in [2.75, 3.05) is 11.9 Å². The van der Waals surface area contributed by atoms with E-state index in [0.29, 0.717) is 29.2 Å². The van der Waals surface area contributed by atoms with E-state index in [4.69, 9.17) is 9.32 Å². The van der Waals surface area contributed by atoms with Gasteiger partial charge < -0.3 is 9.88 Å². The number of thiophene rings is 1. The second kappa shape index (κ2) is 9.82. The summed E-state index contributed by atoms with van der Waals surface area (Å²) in [5, 5.41) is 11.4. The lowest BCUT2D eigenvalue weighted by atomic mass is 10.1. The molecule has 0 amide bonds. The monoisotopic (exact) mass is 512 g/mol. The van der Waals surface area contributed by atoms with Gasteiger partial charge in [0.15, 0.2) is 0 Å². The summed E-state index contributed by atoms with van der Waals surface area (Å²) in [6, 6.07) is 5.96. The van der Waals surface area contributed by atoms with Gasteiger partial charge in [-0.05, 0) is 54.3 Å². The highest BCUT2D eigenvalue weighted by Crippen LogP contribution is 2.30. The van der Waals surface area contributed by atoms with Crippen LogP contribution in [0.25, 0.3) is 10.9 Å². The molecule has 2 atom stereocenters. The normalized spacial score (nSPS) is 18.2. The Morgan fingerprint density at radius 1 is 1.26 bits per heavy atom. The molecule has 5 rings (SSSR count). The molecule has 4 heterocycles. The van der Waals surface area contributed by atoms with Gasteiger partial charge in [-0.3, -0.25) is 14.0 Å². The molecule has 3 N–H and O–H groups in total. The van der Waals surface area contributed by atoms with E-state index in [9.17, 15) is 13.2 Å². The summed E-state index contributed by atoms with van der Waals surface area (Å²) in [7, 11) is -3.95. The largest absolute Gasteiger partial charge is 0.367 e. The minimum atomic E-state index is -3.95. The summed E-state index contributed by atoms with van der Waals surface area (Å²) in [6.45, 7) is 0.691. The van der Waals surface area contributed by atoms with Crippen molar-refractivity contribution in [1.82, 2.24) is 19.5 Å². The highest BCUT2D eigenvalue weighted by Gasteiger charge is 2.28. The third-order valence-corrected chi connectivity index (χ3v) is 7.56. The molecule has 0 aromatic carbocycles. The van der Waals surface area contributed by atoms with E-state index in [1.807, 2.05) is 36.0 Å². The first-order chi connectivity index (χ1) is 16.9. The van der Waals surface area contributed by atoms with Crippen LogP contribution in [0.5, 0.6) is 0 Å². The summed E-state index contributed by atoms with van der Waals surface area (Å²) in [4.78, 5) is 26.5. The van der Waals surface area contributed by atoms with Gasteiger partial charge in [0.1, 0.15) is 12.1 Å². The smallest absolute Gasteiger partial charge is 0.333 e. The number of fused-ring (bicyclic) bond motifs is 1. The van der Waals surface area contributed by atoms with E-state index in [-0.39, 0.29) is 24.3 Å². The van der Waals surface area contributed by atoms with Gasteiger partial charge >= 0.3 is 10.3 Å². The number of nitrogens with zero attached hydrogens (tertiary/aromatic N) is 4. The molecule has 4 aromatic heterocycles. The van der Waals surface area contributed by atoms with Crippen molar-refractivity contribution in [3.63, 3.8) is 0 Å². The average Bonchev–Trinajstić information content (AvgIpc) is 3.58. The van der Waals surface area contributed by atoms with Crippen LogP contribution in [0.1, 0.15) is 40.1 Å². The quantitative estimate of drug-likeness (QED) is 0.326. The van der Waals surface area contributed by atoms with Crippen molar-refractivity contribution in [3.05, 3.63) is 70.7 Å². The molecule has 0 unspecified atom stereocenters. The Morgan fingerprint density at radius 3 is 3.00 bits per heavy atom. The third kappa shape index (κ3) is 5.56. The number of pyridine rings is 1. The number of nitrogens with two attached hydrogens (primary N) is 1. The number of carbonyl (C=O) groups excluding carboxylic acids is 1. The standard InChI is InChI=1S/C23H24N6O4S2/c24-35(31,32)33-12-15-1-2-18(7-15)28-23-19(9-26-14-27-23)22(30)21-8-16(13-34-21)11-29-6-4-17-3-5-25-10-20(17)29/h3-6,8-10,13-15,18H,1-2,7,11-12H2,(H2,24,31,32)(H,26,27,28)/t15-,18+/m1/s1. The highest BCUT2D eigenvalue weighted by atomic mass is 32.2. The summed E-state index contributed by atoms with van der Waals surface area (Å²) in [5.74, 6) is 0.391. The average molecular weight is 513 g/mol. The van der Waals surface area contributed by atoms with E-state index >= 15 is 0 Å². The van der Waals surface area contributed by atoms with Crippen LogP contribution in [0.15, 0.2) is 54.7 Å². The SMILES string of the molecule is NS(=O)(=O)OC[C@@H]1CC[C@H](Nc2ncncc2C(=O)c2cc(Cn3ccc4ccncc43)cs2)C1. The van der Waals surface area contributed by atoms with Crippen molar-refractivity contribution in [2.24, 2.45) is 11.1 Å². The van der Waals surface area contributed by atoms with Crippen LogP contribution in [0.3, 0.4) is 0 Å². The Morgan fingerprint density at radius 2 is 2.14 bits per heavy atom. The molecule has 0 aliphatic heterocycles. The van der Waals surface area contributed by atoms with E-state index < -0.39 is 10.3 Å². The molecular weight excluding hydrogens is 488 g/mol. The van der Waals surface area contributed by atoms with E-state index in [0.717, 1.165) is 29.3 Å². The predicted octanol–water partition coefficient (Wildman–Crippen LogP) is 2.97. The molecular formula is C23H24N6O4S2. The summed E-state index contributed by atoms with van der Waals surface area (Å²) < 4.78 is 28.9. The van der Waals surface area contributed by atoms with Crippen LogP contribution in [-0.2, 0) is 21.0 Å². The maximum Gasteiger partial charge on any atom is 0.333 e. The lowest BCUT2D eigenvalue weighted by molar-refractivity contribution is 0.104. The Kier molecular flexibility index (Phi) is 6.60. The topological polar surface area (TPSA) is 142 Å². The van der Waals surface area contributed by atoms with Crippen molar-refractivity contribution in [3.8, 4) is 0 Å². The van der Waals surface area contributed by atoms with Crippen LogP contribution in [0.4, 0.5) is 5.82 Å². The fourth-order valence-corrected chi connectivity index (χ4v) is 5.67. The van der Waals surface area contributed by atoms with Gasteiger partial charge in [-0.25, -0.2) is 15.1 Å². The van der Waals surface area contributed by atoms with Gasteiger partial charge in [-0.2, -0.15) is 8.42 Å². The Bertz CT molecular complexity index is 1470. The predicted molar refractivity (Wildman–Crippen MR) is 132 cm³/mol. The zero-order valence-corrected chi connectivity index (χ0v) is 20.3. The summed E-state index contributed by atoms with van der Waals surface area (Å²) >= 11 is 1.39. The number of hydrogen-bond donors (Lipinski definition) is 2. The minimum Gasteiger partial charge on any atom is -0.367 e. The van der Waals surface area contributed by atoms with Gasteiger partial charge in [0.05, 0.1) is 28.8 Å². The molecule has 35 heavy (non-hydrogen) atoms. The van der Waals surface area contributed by atoms with Crippen LogP contribution in [0.2, 0.25) is 0 Å². The maximum absolute atomic E-state index is 13.3. The molecule has 182 valence electrons. The zero-order valence-electron chi connectivity index (χ0n) is 18.7. The van der Waals surface area contributed by atoms with Crippen molar-refractivity contribution in [2.45, 2.75) is 31.8 Å². The number of anilines is 1. The highest BCUT2D eigenvalue weighted by molar-refractivity contribution is 7.84. The van der Waals surface area contributed by atoms with E-state index in [1.165, 1.54) is 23.9 Å². The van der Waals surface area contributed by atoms with E-state index in [1.54, 1.807) is 6.20 Å². The van der Waals surface area contributed by atoms with Crippen molar-refractivity contribution in [1.29, 1.82) is 0 Å². The number of rotatable bonds is 9. The maximum atomic E-state index is 13.3. The third-order valence-electron chi connectivity index (χ3n) is 6.11. The summed E-state index contributed by atoms with van der Waals surface area (Å²) in [6.07, 6.45) is 10.8. The molecule has 0 spiro atoms. The molecule has 1 aliphatic carbocycles. The first kappa shape index (κ1) is 23.5. The molecule has 0 radical (unpaired) electrons. The van der Waals surface area contributed by atoms with Gasteiger partial charge in [-0.1, -0.05) is 0 Å². The molecule has 1 fully saturated rings. The van der Waals surface area contributed by atoms with Crippen molar-refractivity contribution >= 4 is 44.1 Å². The lowest BCUT2D eigenvalue weighted by Crippen LogP contribution is -2.22. The second-order valence-electron chi connectivity index (χ2n) is 8.61. The Balaban J connectivity index is 1.27. The number of aromatic nitrogens is 4. The van der Waals surface area contributed by atoms with Crippen LogP contribution < -0.4 is 10.5 Å². The minimum absolute atomic E-state index is 0.0417. The molecule has 10 nitrogen and oxygen atoms in total. The molecule has 0 bridgehead atoms. The molecule has 0 saturated heterocycles. The summed E-state index contributed by atoms with van der Waals surface area (Å²) in [5.41, 5.74) is 2.47. The number of carbonyl (C=O) groups is 1. The molecule has 1 saturated carbocycles. The number of nitrogens with one attached hydrogen (secondary N) is 1. The van der Waals surface area contributed by atoms with Gasteiger partial charge in [-0.15, -0.1) is 11.3 Å². The fraction of sp³-hybridized carbons (Fsp3) is 0.304. The first-order valence-electron chi connectivity index (χ1n) is 11.1. The molecule has 4 aromatic rings. The first-order valence-corrected chi connectivity index (χ1v) is 13.5. The number of hydrogen-bond acceptors (Lipinski definition) is 9. The Labute approximate surface area is 206 Å². The van der Waals surface area contributed by atoms with Gasteiger partial charge in [0, 0.05) is 36.6 Å². The lowest BCUT2D eigenvalue weighted by Gasteiger charge is -2.15. The van der Waals surface area contributed by atoms with Gasteiger partial charge in [0.2, 0.25) is 5.78 Å². The Hall–Kier alpha value is -3.19. The van der Waals surface area contributed by atoms with Gasteiger partial charge in [0.25, 0.3) is 0 Å². The second-order valence-corrected chi connectivity index (χ2v) is 10.7. The van der Waals surface area contributed by atoms with Crippen LogP contribution in [-0.4, -0.2) is 46.4 Å². The fourth-order valence-electron chi connectivity index (χ4n) is 4.43. The molecule has 12 heteroatoms. The molecule has 1 aliphatic rings. The van der Waals surface area contributed by atoms with E-state index in [2.05, 4.69) is 24.8 Å².